The predicted octanol–water partition coefficient (Wildman–Crippen LogP) is 3.95. The highest BCUT2D eigenvalue weighted by atomic mass is 16.5. The van der Waals surface area contributed by atoms with Crippen molar-refractivity contribution in [2.75, 3.05) is 0 Å². The van der Waals surface area contributed by atoms with Gasteiger partial charge in [-0.05, 0) is 44.2 Å². The minimum absolute atomic E-state index is 0.297. The van der Waals surface area contributed by atoms with Gasteiger partial charge >= 0.3 is 0 Å². The second kappa shape index (κ2) is 8.34. The zero-order valence-electron chi connectivity index (χ0n) is 14.7. The quantitative estimate of drug-likeness (QED) is 0.540. The van der Waals surface area contributed by atoms with Crippen molar-refractivity contribution in [1.82, 2.24) is 10.5 Å². The summed E-state index contributed by atoms with van der Waals surface area (Å²) in [7, 11) is 0. The van der Waals surface area contributed by atoms with Gasteiger partial charge in [-0.1, -0.05) is 36.1 Å². The van der Waals surface area contributed by atoms with E-state index in [1.54, 1.807) is 6.92 Å². The second-order valence-corrected chi connectivity index (χ2v) is 5.82. The Morgan fingerprint density at radius 1 is 1.19 bits per heavy atom. The summed E-state index contributed by atoms with van der Waals surface area (Å²) >= 11 is 0. The maximum absolute atomic E-state index is 8.79. The summed E-state index contributed by atoms with van der Waals surface area (Å²) in [6, 6.07) is 17.0. The molecule has 1 unspecified atom stereocenters. The molecule has 132 valence electrons. The Balaban J connectivity index is 1.70. The fourth-order valence-corrected chi connectivity index (χ4v) is 2.31. The van der Waals surface area contributed by atoms with Gasteiger partial charge in [0.05, 0.1) is 6.04 Å². The molecule has 1 heterocycles. The molecule has 0 amide bonds. The highest BCUT2D eigenvalue weighted by Gasteiger charge is 2.11. The van der Waals surface area contributed by atoms with E-state index in [-0.39, 0.29) is 6.04 Å². The Morgan fingerprint density at radius 2 is 2.00 bits per heavy atom. The molecule has 1 atom stereocenters. The number of hydrogen-bond acceptors (Lipinski definition) is 5. The van der Waals surface area contributed by atoms with Crippen LogP contribution in [-0.4, -0.2) is 16.2 Å². The van der Waals surface area contributed by atoms with E-state index in [4.69, 9.17) is 14.4 Å². The van der Waals surface area contributed by atoms with E-state index in [0.29, 0.717) is 18.2 Å². The summed E-state index contributed by atoms with van der Waals surface area (Å²) in [5.41, 5.74) is 4.60. The first-order chi connectivity index (χ1) is 12.7. The summed E-state index contributed by atoms with van der Waals surface area (Å²) in [5, 5.41) is 8.79. The van der Waals surface area contributed by atoms with Crippen LogP contribution in [0.15, 0.2) is 59.0 Å². The van der Waals surface area contributed by atoms with Gasteiger partial charge in [0.25, 0.3) is 0 Å². The van der Waals surface area contributed by atoms with E-state index in [9.17, 15) is 0 Å². The van der Waals surface area contributed by atoms with Gasteiger partial charge in [-0.15, -0.1) is 0 Å². The summed E-state index contributed by atoms with van der Waals surface area (Å²) in [4.78, 5) is 4.53. The average molecular weight is 348 g/mol. The van der Waals surface area contributed by atoms with Crippen molar-refractivity contribution in [3.63, 3.8) is 0 Å². The zero-order valence-corrected chi connectivity index (χ0v) is 14.7. The number of benzene rings is 2. The molecule has 0 fully saturated rings. The summed E-state index contributed by atoms with van der Waals surface area (Å²) in [6.45, 7) is 3.96. The molecular formula is C21H20N2O3. The van der Waals surface area contributed by atoms with Gasteiger partial charge in [-0.3, -0.25) is 0 Å². The number of ether oxygens (including phenoxy) is 1. The number of nitrogens with zero attached hydrogens (tertiary/aromatic N) is 1. The van der Waals surface area contributed by atoms with Crippen molar-refractivity contribution < 1.29 is 14.4 Å². The van der Waals surface area contributed by atoms with Crippen LogP contribution in [0, 0.1) is 18.8 Å². The van der Waals surface area contributed by atoms with E-state index in [1.165, 1.54) is 0 Å². The van der Waals surface area contributed by atoms with E-state index >= 15 is 0 Å². The summed E-state index contributed by atoms with van der Waals surface area (Å²) in [5.74, 6) is 7.90. The number of aromatic nitrogens is 1. The number of oxazole rings is 1. The van der Waals surface area contributed by atoms with Crippen LogP contribution in [-0.2, 0) is 6.61 Å². The smallest absolute Gasteiger partial charge is 0.226 e. The zero-order chi connectivity index (χ0) is 18.4. The minimum atomic E-state index is -0.297. The van der Waals surface area contributed by atoms with E-state index in [2.05, 4.69) is 22.3 Å². The fourth-order valence-electron chi connectivity index (χ4n) is 2.31. The van der Waals surface area contributed by atoms with Gasteiger partial charge in [-0.25, -0.2) is 4.98 Å². The number of rotatable bonds is 5. The molecule has 1 aromatic heterocycles. The van der Waals surface area contributed by atoms with Crippen molar-refractivity contribution in [2.45, 2.75) is 26.5 Å². The highest BCUT2D eigenvalue weighted by Crippen LogP contribution is 2.22. The standard InChI is InChI=1S/C21H20N2O3/c1-15(23-24)11-12-17-7-6-10-19(13-17)25-14-20-16(2)26-21(22-20)18-8-4-3-5-9-18/h3-10,13,15,23-24H,14H2,1-2H3. The maximum Gasteiger partial charge on any atom is 0.226 e. The second-order valence-electron chi connectivity index (χ2n) is 5.82. The predicted molar refractivity (Wildman–Crippen MR) is 98.7 cm³/mol. The fraction of sp³-hybridized carbons (Fsp3) is 0.190. The lowest BCUT2D eigenvalue weighted by Gasteiger charge is -2.05. The van der Waals surface area contributed by atoms with Crippen molar-refractivity contribution in [3.05, 3.63) is 71.6 Å². The first-order valence-corrected chi connectivity index (χ1v) is 8.31. The molecule has 26 heavy (non-hydrogen) atoms. The highest BCUT2D eigenvalue weighted by molar-refractivity contribution is 5.53. The van der Waals surface area contributed by atoms with Gasteiger partial charge in [0, 0.05) is 11.1 Å². The molecule has 0 aliphatic carbocycles. The first kappa shape index (κ1) is 17.7. The topological polar surface area (TPSA) is 67.5 Å². The molecule has 2 aromatic carbocycles. The van der Waals surface area contributed by atoms with Crippen molar-refractivity contribution in [3.8, 4) is 29.0 Å². The third-order valence-corrected chi connectivity index (χ3v) is 3.75. The van der Waals surface area contributed by atoms with Gasteiger partial charge in [-0.2, -0.15) is 5.48 Å². The van der Waals surface area contributed by atoms with Crippen LogP contribution in [0.5, 0.6) is 5.75 Å². The van der Waals surface area contributed by atoms with Crippen molar-refractivity contribution >= 4 is 0 Å². The third-order valence-electron chi connectivity index (χ3n) is 3.75. The monoisotopic (exact) mass is 348 g/mol. The Kier molecular flexibility index (Phi) is 5.69. The molecule has 5 heteroatoms. The Morgan fingerprint density at radius 3 is 2.77 bits per heavy atom. The lowest BCUT2D eigenvalue weighted by Crippen LogP contribution is -2.19. The van der Waals surface area contributed by atoms with Gasteiger partial charge < -0.3 is 14.4 Å². The van der Waals surface area contributed by atoms with E-state index in [0.717, 1.165) is 22.6 Å². The van der Waals surface area contributed by atoms with E-state index < -0.39 is 0 Å². The normalized spacial score (nSPS) is 11.5. The van der Waals surface area contributed by atoms with Gasteiger partial charge in [0.2, 0.25) is 5.89 Å². The van der Waals surface area contributed by atoms with Crippen LogP contribution in [0.1, 0.15) is 23.9 Å². The molecule has 5 nitrogen and oxygen atoms in total. The number of aryl methyl sites for hydroxylation is 1. The van der Waals surface area contributed by atoms with Crippen LogP contribution in [0.2, 0.25) is 0 Å². The number of hydrogen-bond donors (Lipinski definition) is 2. The Labute approximate surface area is 152 Å². The largest absolute Gasteiger partial charge is 0.487 e. The van der Waals surface area contributed by atoms with Crippen LogP contribution in [0.3, 0.4) is 0 Å². The molecule has 0 aliphatic heterocycles. The number of nitrogens with one attached hydrogen (secondary N) is 1. The SMILES string of the molecule is Cc1oc(-c2ccccc2)nc1COc1cccc(C#CC(C)NO)c1. The Bertz CT molecular complexity index is 923. The van der Waals surface area contributed by atoms with E-state index in [1.807, 2.05) is 61.5 Å². The lowest BCUT2D eigenvalue weighted by atomic mass is 10.2. The van der Waals surface area contributed by atoms with Crippen molar-refractivity contribution in [2.24, 2.45) is 0 Å². The first-order valence-electron chi connectivity index (χ1n) is 8.31. The van der Waals surface area contributed by atoms with Gasteiger partial charge in [0.15, 0.2) is 0 Å². The van der Waals surface area contributed by atoms with Crippen molar-refractivity contribution in [1.29, 1.82) is 0 Å². The Hall–Kier alpha value is -3.07. The molecule has 0 saturated heterocycles. The summed E-state index contributed by atoms with van der Waals surface area (Å²) in [6.07, 6.45) is 0. The molecule has 3 rings (SSSR count). The maximum atomic E-state index is 8.79. The number of hydroxylamine groups is 1. The average Bonchev–Trinajstić information content (AvgIpc) is 3.06. The van der Waals surface area contributed by atoms with Crippen LogP contribution >= 0.6 is 0 Å². The van der Waals surface area contributed by atoms with Gasteiger partial charge in [0.1, 0.15) is 23.8 Å². The molecule has 0 bridgehead atoms. The molecule has 3 aromatic rings. The molecule has 0 radical (unpaired) electrons. The molecular weight excluding hydrogens is 328 g/mol. The van der Waals surface area contributed by atoms with Crippen LogP contribution in [0.25, 0.3) is 11.5 Å². The van der Waals surface area contributed by atoms with Crippen LogP contribution < -0.4 is 10.2 Å². The molecule has 2 N–H and O–H groups in total. The molecule has 0 aliphatic rings. The third kappa shape index (κ3) is 4.51. The minimum Gasteiger partial charge on any atom is -0.487 e. The molecule has 0 spiro atoms. The van der Waals surface area contributed by atoms with Crippen LogP contribution in [0.4, 0.5) is 0 Å². The lowest BCUT2D eigenvalue weighted by molar-refractivity contribution is 0.152. The summed E-state index contributed by atoms with van der Waals surface area (Å²) < 4.78 is 11.6. The molecule has 0 saturated carbocycles.